The fourth-order valence-corrected chi connectivity index (χ4v) is 3.35. The van der Waals surface area contributed by atoms with Crippen molar-refractivity contribution in [1.82, 2.24) is 25.2 Å². The molecule has 1 amide bonds. The van der Waals surface area contributed by atoms with Crippen molar-refractivity contribution in [2.24, 2.45) is 0 Å². The molecule has 0 aliphatic heterocycles. The van der Waals surface area contributed by atoms with E-state index in [9.17, 15) is 4.79 Å². The van der Waals surface area contributed by atoms with Crippen LogP contribution in [0.1, 0.15) is 71.7 Å². The van der Waals surface area contributed by atoms with E-state index >= 15 is 0 Å². The first-order valence-corrected chi connectivity index (χ1v) is 9.09. The minimum atomic E-state index is -0.143. The van der Waals surface area contributed by atoms with Crippen molar-refractivity contribution in [3.05, 3.63) is 40.5 Å². The van der Waals surface area contributed by atoms with Gasteiger partial charge in [-0.3, -0.25) is 9.48 Å². The lowest BCUT2D eigenvalue weighted by Crippen LogP contribution is -2.27. The van der Waals surface area contributed by atoms with Crippen LogP contribution in [-0.4, -0.2) is 25.8 Å². The first-order valence-electron chi connectivity index (χ1n) is 9.09. The fourth-order valence-electron chi connectivity index (χ4n) is 3.35. The van der Waals surface area contributed by atoms with Crippen LogP contribution in [0, 0.1) is 13.8 Å². The molecular formula is C19H23N5O2. The molecule has 0 saturated heterocycles. The first-order chi connectivity index (χ1) is 12.5. The van der Waals surface area contributed by atoms with Crippen LogP contribution in [0.15, 0.2) is 16.8 Å². The van der Waals surface area contributed by atoms with Crippen molar-refractivity contribution in [3.8, 4) is 0 Å². The molecule has 4 rings (SSSR count). The number of hydrogen-bond acceptors (Lipinski definition) is 5. The van der Waals surface area contributed by atoms with E-state index < -0.39 is 0 Å². The van der Waals surface area contributed by atoms with Gasteiger partial charge < -0.3 is 9.84 Å². The standard InChI is InChI=1S/C19H23N5O2/c1-5-24-9-15(11(3)22-24)10(2)20-18(25)14-8-16(13-6-7-13)21-19-17(14)12(4)23-26-19/h8-10,13H,5-7H2,1-4H3,(H,20,25)/t10-/m0/s1. The molecule has 3 aromatic rings. The van der Waals surface area contributed by atoms with Gasteiger partial charge in [-0.2, -0.15) is 5.10 Å². The number of aromatic nitrogens is 4. The number of carbonyl (C=O) groups excluding carboxylic acids is 1. The van der Waals surface area contributed by atoms with Crippen LogP contribution >= 0.6 is 0 Å². The monoisotopic (exact) mass is 353 g/mol. The van der Waals surface area contributed by atoms with E-state index in [0.717, 1.165) is 36.3 Å². The van der Waals surface area contributed by atoms with E-state index in [1.165, 1.54) is 0 Å². The molecule has 7 nitrogen and oxygen atoms in total. The molecule has 1 aliphatic rings. The minimum Gasteiger partial charge on any atom is -0.345 e. The van der Waals surface area contributed by atoms with Gasteiger partial charge in [-0.05, 0) is 46.6 Å². The van der Waals surface area contributed by atoms with E-state index in [2.05, 4.69) is 20.6 Å². The Morgan fingerprint density at radius 2 is 2.15 bits per heavy atom. The molecule has 1 atom stereocenters. The lowest BCUT2D eigenvalue weighted by atomic mass is 10.1. The maximum Gasteiger partial charge on any atom is 0.259 e. The normalized spacial score (nSPS) is 15.4. The van der Waals surface area contributed by atoms with Crippen molar-refractivity contribution in [3.63, 3.8) is 0 Å². The third-order valence-electron chi connectivity index (χ3n) is 5.00. The van der Waals surface area contributed by atoms with Gasteiger partial charge >= 0.3 is 0 Å². The Kier molecular flexibility index (Phi) is 4.01. The Morgan fingerprint density at radius 1 is 1.38 bits per heavy atom. The highest BCUT2D eigenvalue weighted by atomic mass is 16.5. The zero-order valence-corrected chi connectivity index (χ0v) is 15.5. The molecule has 1 aliphatic carbocycles. The molecular weight excluding hydrogens is 330 g/mol. The van der Waals surface area contributed by atoms with Gasteiger partial charge in [-0.25, -0.2) is 4.98 Å². The van der Waals surface area contributed by atoms with Crippen molar-refractivity contribution >= 4 is 17.0 Å². The summed E-state index contributed by atoms with van der Waals surface area (Å²) in [6.45, 7) is 8.62. The van der Waals surface area contributed by atoms with Crippen LogP contribution in [0.25, 0.3) is 11.1 Å². The van der Waals surface area contributed by atoms with Crippen LogP contribution < -0.4 is 5.32 Å². The number of aryl methyl sites for hydroxylation is 3. The molecule has 3 aromatic heterocycles. The van der Waals surface area contributed by atoms with Crippen LogP contribution in [0.4, 0.5) is 0 Å². The van der Waals surface area contributed by atoms with Gasteiger partial charge in [0.25, 0.3) is 11.6 Å². The number of amides is 1. The second kappa shape index (κ2) is 6.23. The summed E-state index contributed by atoms with van der Waals surface area (Å²) in [4.78, 5) is 17.6. The van der Waals surface area contributed by atoms with Gasteiger partial charge in [0.1, 0.15) is 0 Å². The number of fused-ring (bicyclic) bond motifs is 1. The average Bonchev–Trinajstić information content (AvgIpc) is 3.31. The van der Waals surface area contributed by atoms with Gasteiger partial charge in [-0.15, -0.1) is 0 Å². The molecule has 136 valence electrons. The summed E-state index contributed by atoms with van der Waals surface area (Å²) in [5.41, 5.74) is 4.58. The summed E-state index contributed by atoms with van der Waals surface area (Å²) in [5, 5.41) is 12.2. The number of nitrogens with one attached hydrogen (secondary N) is 1. The quantitative estimate of drug-likeness (QED) is 0.759. The number of rotatable bonds is 5. The molecule has 1 N–H and O–H groups in total. The van der Waals surface area contributed by atoms with Crippen LogP contribution in [-0.2, 0) is 6.54 Å². The first kappa shape index (κ1) is 16.8. The molecule has 0 bridgehead atoms. The minimum absolute atomic E-state index is 0.137. The maximum absolute atomic E-state index is 13.0. The third-order valence-corrected chi connectivity index (χ3v) is 5.00. The molecule has 3 heterocycles. The van der Waals surface area contributed by atoms with Crippen molar-refractivity contribution in [1.29, 1.82) is 0 Å². The fraction of sp³-hybridized carbons (Fsp3) is 0.474. The summed E-state index contributed by atoms with van der Waals surface area (Å²) in [6, 6.07) is 1.75. The van der Waals surface area contributed by atoms with Gasteiger partial charge in [0.2, 0.25) is 0 Å². The van der Waals surface area contributed by atoms with E-state index in [-0.39, 0.29) is 11.9 Å². The third kappa shape index (κ3) is 2.87. The van der Waals surface area contributed by atoms with Gasteiger partial charge in [-0.1, -0.05) is 5.16 Å². The Balaban J connectivity index is 1.67. The highest BCUT2D eigenvalue weighted by molar-refractivity contribution is 6.06. The molecule has 1 fully saturated rings. The largest absolute Gasteiger partial charge is 0.345 e. The van der Waals surface area contributed by atoms with Crippen LogP contribution in [0.2, 0.25) is 0 Å². The van der Waals surface area contributed by atoms with Gasteiger partial charge in [0.05, 0.1) is 28.4 Å². The molecule has 1 saturated carbocycles. The molecule has 0 unspecified atom stereocenters. The summed E-state index contributed by atoms with van der Waals surface area (Å²) in [5.74, 6) is 0.292. The highest BCUT2D eigenvalue weighted by Gasteiger charge is 2.29. The van der Waals surface area contributed by atoms with Crippen molar-refractivity contribution in [2.75, 3.05) is 0 Å². The van der Waals surface area contributed by atoms with E-state index in [4.69, 9.17) is 4.52 Å². The van der Waals surface area contributed by atoms with Gasteiger partial charge in [0, 0.05) is 29.9 Å². The lowest BCUT2D eigenvalue weighted by molar-refractivity contribution is 0.0941. The smallest absolute Gasteiger partial charge is 0.259 e. The predicted octanol–water partition coefficient (Wildman–Crippen LogP) is 3.42. The average molecular weight is 353 g/mol. The van der Waals surface area contributed by atoms with Crippen LogP contribution in [0.3, 0.4) is 0 Å². The van der Waals surface area contributed by atoms with Gasteiger partial charge in [0.15, 0.2) is 0 Å². The van der Waals surface area contributed by atoms with E-state index in [1.807, 2.05) is 44.6 Å². The summed E-state index contributed by atoms with van der Waals surface area (Å²) >= 11 is 0. The molecule has 0 spiro atoms. The molecule has 0 aromatic carbocycles. The maximum atomic E-state index is 13.0. The number of pyridine rings is 1. The Labute approximate surface area is 151 Å². The van der Waals surface area contributed by atoms with Crippen molar-refractivity contribution in [2.45, 2.75) is 59.0 Å². The van der Waals surface area contributed by atoms with Crippen LogP contribution in [0.5, 0.6) is 0 Å². The second-order valence-electron chi connectivity index (χ2n) is 7.04. The lowest BCUT2D eigenvalue weighted by Gasteiger charge is -2.14. The Bertz CT molecular complexity index is 983. The Morgan fingerprint density at radius 3 is 2.81 bits per heavy atom. The van der Waals surface area contributed by atoms with E-state index in [1.54, 1.807) is 0 Å². The summed E-state index contributed by atoms with van der Waals surface area (Å²) in [6.07, 6.45) is 4.21. The van der Waals surface area contributed by atoms with E-state index in [0.29, 0.717) is 28.3 Å². The molecule has 26 heavy (non-hydrogen) atoms. The molecule has 7 heteroatoms. The number of carbonyl (C=O) groups is 1. The summed E-state index contributed by atoms with van der Waals surface area (Å²) < 4.78 is 7.21. The number of hydrogen-bond donors (Lipinski definition) is 1. The zero-order valence-electron chi connectivity index (χ0n) is 15.5. The Hall–Kier alpha value is -2.70. The highest BCUT2D eigenvalue weighted by Crippen LogP contribution is 2.40. The van der Waals surface area contributed by atoms with Crippen molar-refractivity contribution < 1.29 is 9.32 Å². The summed E-state index contributed by atoms with van der Waals surface area (Å²) in [7, 11) is 0. The predicted molar refractivity (Wildman–Crippen MR) is 97.0 cm³/mol. The number of nitrogens with zero attached hydrogens (tertiary/aromatic N) is 4. The topological polar surface area (TPSA) is 85.8 Å². The molecule has 0 radical (unpaired) electrons. The SMILES string of the molecule is CCn1cc([C@H](C)NC(=O)c2cc(C3CC3)nc3onc(C)c23)c(C)n1. The zero-order chi connectivity index (χ0) is 18.4. The second-order valence-corrected chi connectivity index (χ2v) is 7.04.